The molecule has 2 aromatic rings. The van der Waals surface area contributed by atoms with Crippen molar-refractivity contribution in [2.45, 2.75) is 31.6 Å². The number of benzene rings is 2. The number of hydrazone groups is 1. The summed E-state index contributed by atoms with van der Waals surface area (Å²) < 4.78 is 25.3. The number of nitrogens with zero attached hydrogens (tertiary/aromatic N) is 2. The maximum atomic E-state index is 13.7. The Morgan fingerprint density at radius 2 is 2.04 bits per heavy atom. The minimum atomic E-state index is -1.17. The summed E-state index contributed by atoms with van der Waals surface area (Å²) in [6, 6.07) is 15.3. The Kier molecular flexibility index (Phi) is 6.06. The van der Waals surface area contributed by atoms with Gasteiger partial charge >= 0.3 is 0 Å². The molecule has 0 aromatic heterocycles. The van der Waals surface area contributed by atoms with Crippen molar-refractivity contribution in [1.82, 2.24) is 5.01 Å². The lowest BCUT2D eigenvalue weighted by Crippen LogP contribution is -2.48. The van der Waals surface area contributed by atoms with E-state index in [0.717, 1.165) is 5.56 Å². The fourth-order valence-corrected chi connectivity index (χ4v) is 3.16. The molecule has 1 aliphatic heterocycles. The summed E-state index contributed by atoms with van der Waals surface area (Å²) in [5.74, 6) is -0.585. The van der Waals surface area contributed by atoms with E-state index in [0.29, 0.717) is 24.9 Å². The van der Waals surface area contributed by atoms with Gasteiger partial charge in [0.05, 0.1) is 0 Å². The van der Waals surface area contributed by atoms with Gasteiger partial charge in [-0.2, -0.15) is 5.01 Å². The third-order valence-electron chi connectivity index (χ3n) is 4.72. The molecule has 2 N–H and O–H groups in total. The van der Waals surface area contributed by atoms with Gasteiger partial charge in [-0.05, 0) is 38.1 Å². The van der Waals surface area contributed by atoms with Crippen LogP contribution in [0.1, 0.15) is 30.9 Å². The standard InChI is InChI=1S/C21H24FN3O3/c1-15(27-2)20(26)25-21(12-7-13-23,17-9-4-3-5-10-17)28-19(24-25)16-8-6-11-18(22)14-16/h3-6,8-11,14-15H,7,12-13,23H2,1-2H3/t15-,21?/m0/s1. The van der Waals surface area contributed by atoms with Crippen LogP contribution in [-0.4, -0.2) is 36.6 Å². The van der Waals surface area contributed by atoms with Gasteiger partial charge in [0.15, 0.2) is 0 Å². The number of rotatable bonds is 7. The van der Waals surface area contributed by atoms with Crippen LogP contribution in [0.4, 0.5) is 4.39 Å². The number of methoxy groups -OCH3 is 1. The van der Waals surface area contributed by atoms with Gasteiger partial charge in [-0.3, -0.25) is 4.79 Å². The molecule has 6 nitrogen and oxygen atoms in total. The average molecular weight is 385 g/mol. The van der Waals surface area contributed by atoms with Gasteiger partial charge in [0.1, 0.15) is 11.9 Å². The van der Waals surface area contributed by atoms with Gasteiger partial charge < -0.3 is 15.2 Å². The SMILES string of the molecule is CO[C@@H](C)C(=O)N1N=C(c2cccc(F)c2)OC1(CCCN)c1ccccc1. The summed E-state index contributed by atoms with van der Waals surface area (Å²) in [5, 5.41) is 5.75. The van der Waals surface area contributed by atoms with E-state index in [4.69, 9.17) is 15.2 Å². The highest BCUT2D eigenvalue weighted by Crippen LogP contribution is 2.41. The van der Waals surface area contributed by atoms with Crippen molar-refractivity contribution in [1.29, 1.82) is 0 Å². The summed E-state index contributed by atoms with van der Waals surface area (Å²) >= 11 is 0. The molecule has 0 radical (unpaired) electrons. The van der Waals surface area contributed by atoms with Crippen LogP contribution in [0.2, 0.25) is 0 Å². The normalized spacial score (nSPS) is 19.9. The highest BCUT2D eigenvalue weighted by molar-refractivity contribution is 5.97. The second-order valence-corrected chi connectivity index (χ2v) is 6.59. The number of halogens is 1. The Labute approximate surface area is 163 Å². The summed E-state index contributed by atoms with van der Waals surface area (Å²) in [5.41, 5.74) is 5.78. The fourth-order valence-electron chi connectivity index (χ4n) is 3.16. The molecule has 1 heterocycles. The van der Waals surface area contributed by atoms with Crippen molar-refractivity contribution < 1.29 is 18.7 Å². The monoisotopic (exact) mass is 385 g/mol. The smallest absolute Gasteiger partial charge is 0.275 e. The maximum absolute atomic E-state index is 13.7. The maximum Gasteiger partial charge on any atom is 0.275 e. The van der Waals surface area contributed by atoms with Gasteiger partial charge in [0.25, 0.3) is 5.91 Å². The Bertz CT molecular complexity index is 859. The Morgan fingerprint density at radius 1 is 1.29 bits per heavy atom. The first kappa shape index (κ1) is 20.0. The molecule has 7 heteroatoms. The molecule has 28 heavy (non-hydrogen) atoms. The molecular formula is C21H24FN3O3. The summed E-state index contributed by atoms with van der Waals surface area (Å²) in [7, 11) is 1.46. The molecule has 0 bridgehead atoms. The summed E-state index contributed by atoms with van der Waals surface area (Å²) in [6.07, 6.45) is 0.310. The van der Waals surface area contributed by atoms with Crippen LogP contribution in [0.25, 0.3) is 0 Å². The Balaban J connectivity index is 2.11. The first-order chi connectivity index (χ1) is 13.5. The topological polar surface area (TPSA) is 77.1 Å². The Morgan fingerprint density at radius 3 is 2.68 bits per heavy atom. The molecule has 0 aliphatic carbocycles. The lowest BCUT2D eigenvalue weighted by Gasteiger charge is -2.36. The van der Waals surface area contributed by atoms with Crippen LogP contribution < -0.4 is 5.73 Å². The van der Waals surface area contributed by atoms with Crippen molar-refractivity contribution in [3.05, 3.63) is 71.5 Å². The van der Waals surface area contributed by atoms with Crippen LogP contribution in [-0.2, 0) is 20.0 Å². The average Bonchev–Trinajstić information content (AvgIpc) is 3.12. The number of carbonyl (C=O) groups is 1. The minimum Gasteiger partial charge on any atom is -0.443 e. The number of nitrogens with two attached hydrogens (primary N) is 1. The third kappa shape index (κ3) is 3.76. The van der Waals surface area contributed by atoms with Crippen LogP contribution in [0, 0.1) is 5.82 Å². The number of hydrogen-bond donors (Lipinski definition) is 1. The van der Waals surface area contributed by atoms with E-state index in [-0.39, 0.29) is 11.8 Å². The molecule has 0 fully saturated rings. The van der Waals surface area contributed by atoms with Gasteiger partial charge in [-0.25, -0.2) is 4.39 Å². The van der Waals surface area contributed by atoms with Crippen molar-refractivity contribution in [2.75, 3.05) is 13.7 Å². The molecule has 148 valence electrons. The van der Waals surface area contributed by atoms with Gasteiger partial charge in [0.2, 0.25) is 11.6 Å². The zero-order valence-corrected chi connectivity index (χ0v) is 16.0. The van der Waals surface area contributed by atoms with Gasteiger partial charge in [-0.15, -0.1) is 5.10 Å². The van der Waals surface area contributed by atoms with E-state index in [1.165, 1.54) is 24.3 Å². The summed E-state index contributed by atoms with van der Waals surface area (Å²) in [6.45, 7) is 2.08. The molecule has 0 saturated heterocycles. The van der Waals surface area contributed by atoms with E-state index in [1.807, 2.05) is 30.3 Å². The predicted octanol–water partition coefficient (Wildman–Crippen LogP) is 2.97. The second kappa shape index (κ2) is 8.50. The first-order valence-corrected chi connectivity index (χ1v) is 9.18. The number of carbonyl (C=O) groups excluding carboxylic acids is 1. The number of ether oxygens (including phenoxy) is 2. The molecule has 2 atom stereocenters. The van der Waals surface area contributed by atoms with E-state index < -0.39 is 17.6 Å². The third-order valence-corrected chi connectivity index (χ3v) is 4.72. The van der Waals surface area contributed by atoms with Crippen molar-refractivity contribution in [3.8, 4) is 0 Å². The van der Waals surface area contributed by atoms with Gasteiger partial charge in [0, 0.05) is 24.7 Å². The zero-order valence-electron chi connectivity index (χ0n) is 16.0. The molecule has 3 rings (SSSR count). The number of hydrogen-bond acceptors (Lipinski definition) is 5. The molecule has 1 unspecified atom stereocenters. The molecule has 1 amide bonds. The summed E-state index contributed by atoms with van der Waals surface area (Å²) in [4.78, 5) is 13.1. The lowest BCUT2D eigenvalue weighted by molar-refractivity contribution is -0.162. The van der Waals surface area contributed by atoms with Crippen LogP contribution in [0.15, 0.2) is 59.7 Å². The molecule has 0 saturated carbocycles. The highest BCUT2D eigenvalue weighted by atomic mass is 19.1. The van der Waals surface area contributed by atoms with E-state index in [2.05, 4.69) is 5.10 Å². The number of amides is 1. The van der Waals surface area contributed by atoms with E-state index in [9.17, 15) is 9.18 Å². The first-order valence-electron chi connectivity index (χ1n) is 9.18. The van der Waals surface area contributed by atoms with Crippen molar-refractivity contribution in [2.24, 2.45) is 10.8 Å². The van der Waals surface area contributed by atoms with Crippen LogP contribution in [0.3, 0.4) is 0 Å². The quantitative estimate of drug-likeness (QED) is 0.795. The van der Waals surface area contributed by atoms with E-state index in [1.54, 1.807) is 19.1 Å². The van der Waals surface area contributed by atoms with Crippen LogP contribution in [0.5, 0.6) is 0 Å². The lowest BCUT2D eigenvalue weighted by atomic mass is 9.96. The van der Waals surface area contributed by atoms with Crippen molar-refractivity contribution >= 4 is 11.8 Å². The minimum absolute atomic E-state index is 0.178. The molecular weight excluding hydrogens is 361 g/mol. The fraction of sp³-hybridized carbons (Fsp3) is 0.333. The molecule has 0 spiro atoms. The van der Waals surface area contributed by atoms with E-state index >= 15 is 0 Å². The Hall–Kier alpha value is -2.77. The zero-order chi connectivity index (χ0) is 20.1. The predicted molar refractivity (Wildman–Crippen MR) is 104 cm³/mol. The second-order valence-electron chi connectivity index (χ2n) is 6.59. The molecule has 2 aromatic carbocycles. The van der Waals surface area contributed by atoms with Crippen LogP contribution >= 0.6 is 0 Å². The largest absolute Gasteiger partial charge is 0.443 e. The van der Waals surface area contributed by atoms with Crippen molar-refractivity contribution in [3.63, 3.8) is 0 Å². The van der Waals surface area contributed by atoms with Gasteiger partial charge in [-0.1, -0.05) is 36.4 Å². The highest BCUT2D eigenvalue weighted by Gasteiger charge is 2.50. The molecule has 1 aliphatic rings.